The van der Waals surface area contributed by atoms with Gasteiger partial charge in [-0.05, 0) is 30.9 Å². The van der Waals surface area contributed by atoms with Crippen molar-refractivity contribution in [2.24, 2.45) is 0 Å². The number of thiophene rings is 1. The van der Waals surface area contributed by atoms with Crippen LogP contribution in [-0.4, -0.2) is 65.7 Å². The Labute approximate surface area is 140 Å². The van der Waals surface area contributed by atoms with E-state index in [0.29, 0.717) is 12.6 Å². The maximum absolute atomic E-state index is 12.7. The molecule has 1 N–H and O–H groups in total. The van der Waals surface area contributed by atoms with E-state index in [1.165, 1.54) is 10.4 Å². The Kier molecular flexibility index (Phi) is 4.41. The summed E-state index contributed by atoms with van der Waals surface area (Å²) in [6.07, 6.45) is 3.88. The molecule has 1 amide bonds. The van der Waals surface area contributed by atoms with Gasteiger partial charge in [0.05, 0.1) is 24.2 Å². The average Bonchev–Trinajstić information content (AvgIpc) is 3.20. The lowest BCUT2D eigenvalue weighted by atomic mass is 10.1. The molecule has 0 bridgehead atoms. The molecule has 2 atom stereocenters. The molecule has 1 aromatic rings. The summed E-state index contributed by atoms with van der Waals surface area (Å²) in [4.78, 5) is 19.2. The van der Waals surface area contributed by atoms with Crippen LogP contribution in [0.3, 0.4) is 0 Å². The van der Waals surface area contributed by atoms with Crippen LogP contribution in [0, 0.1) is 0 Å². The van der Waals surface area contributed by atoms with Gasteiger partial charge in [0.25, 0.3) is 5.91 Å². The lowest BCUT2D eigenvalue weighted by Crippen LogP contribution is -2.53. The summed E-state index contributed by atoms with van der Waals surface area (Å²) >= 11 is 1.64. The van der Waals surface area contributed by atoms with Crippen LogP contribution in [0.5, 0.6) is 0 Å². The van der Waals surface area contributed by atoms with Crippen LogP contribution in [-0.2, 0) is 17.8 Å². The van der Waals surface area contributed by atoms with Crippen LogP contribution < -0.4 is 0 Å². The summed E-state index contributed by atoms with van der Waals surface area (Å²) in [5.74, 6) is 0.163. The summed E-state index contributed by atoms with van der Waals surface area (Å²) in [6.45, 7) is 4.70. The fourth-order valence-electron chi connectivity index (χ4n) is 4.01. The van der Waals surface area contributed by atoms with E-state index in [9.17, 15) is 9.90 Å². The third-order valence-corrected chi connectivity index (χ3v) is 6.58. The minimum Gasteiger partial charge on any atom is -0.391 e. The number of nitrogens with zero attached hydrogens (tertiary/aromatic N) is 2. The standard InChI is InChI=1S/C17H24N2O3S/c20-14-3-1-2-13(14)18-5-7-19(8-6-18)17(21)16-10-12-11-22-9-4-15(12)23-16/h10,13-14,20H,1-9,11H2. The van der Waals surface area contributed by atoms with E-state index < -0.39 is 0 Å². The molecule has 3 aliphatic rings. The fourth-order valence-corrected chi connectivity index (χ4v) is 5.13. The van der Waals surface area contributed by atoms with Gasteiger partial charge in [-0.1, -0.05) is 0 Å². The summed E-state index contributed by atoms with van der Waals surface area (Å²) < 4.78 is 5.47. The number of aliphatic hydroxyl groups is 1. The van der Waals surface area contributed by atoms with Gasteiger partial charge >= 0.3 is 0 Å². The second-order valence-electron chi connectivity index (χ2n) is 6.76. The number of aliphatic hydroxyl groups excluding tert-OH is 1. The quantitative estimate of drug-likeness (QED) is 0.889. The topological polar surface area (TPSA) is 53.0 Å². The molecule has 1 aromatic heterocycles. The van der Waals surface area contributed by atoms with Gasteiger partial charge in [-0.3, -0.25) is 9.69 Å². The van der Waals surface area contributed by atoms with Crippen LogP contribution in [0.1, 0.15) is 39.4 Å². The van der Waals surface area contributed by atoms with Crippen molar-refractivity contribution in [2.45, 2.75) is 44.4 Å². The molecule has 1 aliphatic carbocycles. The second kappa shape index (κ2) is 6.51. The molecule has 2 unspecified atom stereocenters. The van der Waals surface area contributed by atoms with Crippen molar-refractivity contribution < 1.29 is 14.6 Å². The Morgan fingerprint density at radius 1 is 1.26 bits per heavy atom. The van der Waals surface area contributed by atoms with Crippen molar-refractivity contribution in [3.8, 4) is 0 Å². The van der Waals surface area contributed by atoms with E-state index in [0.717, 1.165) is 63.3 Å². The molecule has 126 valence electrons. The Morgan fingerprint density at radius 2 is 2.09 bits per heavy atom. The van der Waals surface area contributed by atoms with E-state index >= 15 is 0 Å². The first-order valence-electron chi connectivity index (χ1n) is 8.63. The molecule has 23 heavy (non-hydrogen) atoms. The Hall–Kier alpha value is -0.950. The van der Waals surface area contributed by atoms with Gasteiger partial charge in [-0.2, -0.15) is 0 Å². The summed E-state index contributed by atoms with van der Waals surface area (Å²) in [5, 5.41) is 10.1. The van der Waals surface area contributed by atoms with E-state index in [1.807, 2.05) is 11.0 Å². The molecule has 5 nitrogen and oxygen atoms in total. The van der Waals surface area contributed by atoms with E-state index in [2.05, 4.69) is 4.90 Å². The highest BCUT2D eigenvalue weighted by molar-refractivity contribution is 7.14. The van der Waals surface area contributed by atoms with Gasteiger partial charge < -0.3 is 14.7 Å². The van der Waals surface area contributed by atoms with Crippen molar-refractivity contribution in [2.75, 3.05) is 32.8 Å². The number of hydrogen-bond acceptors (Lipinski definition) is 5. The molecule has 2 aliphatic heterocycles. The summed E-state index contributed by atoms with van der Waals surface area (Å²) in [6, 6.07) is 2.33. The predicted octanol–water partition coefficient (Wildman–Crippen LogP) is 1.49. The fraction of sp³-hybridized carbons (Fsp3) is 0.706. The van der Waals surface area contributed by atoms with Crippen LogP contribution in [0.4, 0.5) is 0 Å². The molecule has 2 fully saturated rings. The molecule has 6 heteroatoms. The minimum atomic E-state index is -0.179. The second-order valence-corrected chi connectivity index (χ2v) is 7.89. The molecular formula is C17H24N2O3S. The number of carbonyl (C=O) groups excluding carboxylic acids is 1. The van der Waals surface area contributed by atoms with Crippen LogP contribution in [0.25, 0.3) is 0 Å². The van der Waals surface area contributed by atoms with Gasteiger partial charge in [-0.15, -0.1) is 11.3 Å². The number of hydrogen-bond donors (Lipinski definition) is 1. The van der Waals surface area contributed by atoms with Gasteiger partial charge in [0.15, 0.2) is 0 Å². The first-order valence-corrected chi connectivity index (χ1v) is 9.45. The van der Waals surface area contributed by atoms with E-state index in [1.54, 1.807) is 11.3 Å². The van der Waals surface area contributed by atoms with E-state index in [-0.39, 0.29) is 12.0 Å². The third kappa shape index (κ3) is 3.05. The first kappa shape index (κ1) is 15.6. The maximum atomic E-state index is 12.7. The third-order valence-electron chi connectivity index (χ3n) is 5.35. The van der Waals surface area contributed by atoms with Gasteiger partial charge in [0.2, 0.25) is 0 Å². The van der Waals surface area contributed by atoms with Gasteiger partial charge in [0.1, 0.15) is 0 Å². The van der Waals surface area contributed by atoms with Crippen molar-refractivity contribution in [3.63, 3.8) is 0 Å². The number of amides is 1. The number of rotatable bonds is 2. The molecule has 0 spiro atoms. The van der Waals surface area contributed by atoms with Gasteiger partial charge in [0, 0.05) is 43.5 Å². The Morgan fingerprint density at radius 3 is 2.78 bits per heavy atom. The van der Waals surface area contributed by atoms with Gasteiger partial charge in [-0.25, -0.2) is 0 Å². The molecule has 1 saturated heterocycles. The molecule has 3 heterocycles. The Balaban J connectivity index is 1.38. The predicted molar refractivity (Wildman–Crippen MR) is 88.8 cm³/mol. The van der Waals surface area contributed by atoms with E-state index in [4.69, 9.17) is 4.74 Å². The smallest absolute Gasteiger partial charge is 0.264 e. The molecule has 0 radical (unpaired) electrons. The Bertz CT molecular complexity index is 557. The highest BCUT2D eigenvalue weighted by atomic mass is 32.1. The first-order chi connectivity index (χ1) is 11.2. The lowest BCUT2D eigenvalue weighted by Gasteiger charge is -2.39. The number of carbonyl (C=O) groups is 1. The average molecular weight is 336 g/mol. The van der Waals surface area contributed by atoms with Crippen LogP contribution in [0.2, 0.25) is 0 Å². The number of ether oxygens (including phenoxy) is 1. The van der Waals surface area contributed by atoms with Crippen LogP contribution >= 0.6 is 11.3 Å². The molecule has 4 rings (SSSR count). The summed E-state index contributed by atoms with van der Waals surface area (Å²) in [7, 11) is 0. The van der Waals surface area contributed by atoms with Crippen LogP contribution in [0.15, 0.2) is 6.07 Å². The molecule has 0 aromatic carbocycles. The lowest BCUT2D eigenvalue weighted by molar-refractivity contribution is 0.0318. The normalized spacial score (nSPS) is 28.8. The van der Waals surface area contributed by atoms with Crippen molar-refractivity contribution in [1.29, 1.82) is 0 Å². The zero-order chi connectivity index (χ0) is 15.8. The zero-order valence-electron chi connectivity index (χ0n) is 13.4. The monoisotopic (exact) mass is 336 g/mol. The highest BCUT2D eigenvalue weighted by Gasteiger charge is 2.33. The molecule has 1 saturated carbocycles. The zero-order valence-corrected chi connectivity index (χ0v) is 14.2. The van der Waals surface area contributed by atoms with Crippen molar-refractivity contribution in [3.05, 3.63) is 21.4 Å². The highest BCUT2D eigenvalue weighted by Crippen LogP contribution is 2.29. The molecular weight excluding hydrogens is 312 g/mol. The maximum Gasteiger partial charge on any atom is 0.264 e. The SMILES string of the molecule is O=C(c1cc2c(s1)CCOC2)N1CCN(C2CCCC2O)CC1. The van der Waals surface area contributed by atoms with Crippen molar-refractivity contribution >= 4 is 17.2 Å². The minimum absolute atomic E-state index is 0.163. The number of fused-ring (bicyclic) bond motifs is 1. The summed E-state index contributed by atoms with van der Waals surface area (Å²) in [5.41, 5.74) is 1.19. The largest absolute Gasteiger partial charge is 0.391 e. The van der Waals surface area contributed by atoms with Crippen molar-refractivity contribution in [1.82, 2.24) is 9.80 Å². The number of piperazine rings is 1.